The van der Waals surface area contributed by atoms with Gasteiger partial charge in [-0.3, -0.25) is 0 Å². The van der Waals surface area contributed by atoms with Crippen LogP contribution in [0.15, 0.2) is 12.3 Å². The minimum atomic E-state index is 0.538. The third-order valence-electron chi connectivity index (χ3n) is 3.64. The predicted octanol–water partition coefficient (Wildman–Crippen LogP) is 0.679. The van der Waals surface area contributed by atoms with E-state index in [0.717, 1.165) is 25.3 Å². The van der Waals surface area contributed by atoms with E-state index >= 15 is 0 Å². The quantitative estimate of drug-likeness (QED) is 0.767. The fourth-order valence-electron chi connectivity index (χ4n) is 2.78. The fourth-order valence-corrected chi connectivity index (χ4v) is 2.78. The van der Waals surface area contributed by atoms with Crippen LogP contribution in [0.1, 0.15) is 24.8 Å². The van der Waals surface area contributed by atoms with Gasteiger partial charge < -0.3 is 10.2 Å². The van der Waals surface area contributed by atoms with Crippen molar-refractivity contribution in [3.63, 3.8) is 0 Å². The van der Waals surface area contributed by atoms with Crippen LogP contribution in [0.4, 0.5) is 5.82 Å². The molecule has 0 amide bonds. The topological polar surface area (TPSA) is 64.8 Å². The Hall–Kier alpha value is -1.67. The number of rotatable bonds is 1. The van der Waals surface area contributed by atoms with Gasteiger partial charge in [-0.25, -0.2) is 0 Å². The van der Waals surface area contributed by atoms with Crippen LogP contribution in [0.2, 0.25) is 0 Å². The first-order valence-corrected chi connectivity index (χ1v) is 6.09. The van der Waals surface area contributed by atoms with Crippen molar-refractivity contribution in [2.24, 2.45) is 0 Å². The molecule has 3 rings (SSSR count). The standard InChI is InChI=1S/C12H15N5/c13-7-9-3-5-14-16-12(9)17-6-4-10-1-2-11(8-17)15-10/h3,5,10-11,15H,1-2,4,6,8H2. The van der Waals surface area contributed by atoms with Crippen LogP contribution in [0, 0.1) is 11.3 Å². The Balaban J connectivity index is 1.86. The van der Waals surface area contributed by atoms with E-state index in [1.807, 2.05) is 0 Å². The first-order valence-electron chi connectivity index (χ1n) is 6.09. The van der Waals surface area contributed by atoms with Crippen LogP contribution >= 0.6 is 0 Å². The zero-order valence-electron chi connectivity index (χ0n) is 9.63. The zero-order valence-corrected chi connectivity index (χ0v) is 9.63. The highest BCUT2D eigenvalue weighted by Gasteiger charge is 2.30. The van der Waals surface area contributed by atoms with Crippen molar-refractivity contribution in [3.05, 3.63) is 17.8 Å². The number of nitrogens with zero attached hydrogens (tertiary/aromatic N) is 4. The first-order chi connectivity index (χ1) is 8.36. The van der Waals surface area contributed by atoms with Crippen molar-refractivity contribution < 1.29 is 0 Å². The molecule has 0 aromatic carbocycles. The summed E-state index contributed by atoms with van der Waals surface area (Å²) in [6.07, 6.45) is 5.20. The van der Waals surface area contributed by atoms with E-state index in [-0.39, 0.29) is 0 Å². The minimum Gasteiger partial charge on any atom is -0.352 e. The average molecular weight is 229 g/mol. The smallest absolute Gasteiger partial charge is 0.169 e. The van der Waals surface area contributed by atoms with Crippen molar-refractivity contribution in [3.8, 4) is 6.07 Å². The van der Waals surface area contributed by atoms with Crippen LogP contribution in [0.5, 0.6) is 0 Å². The van der Waals surface area contributed by atoms with Crippen LogP contribution in [0.3, 0.4) is 0 Å². The molecule has 2 bridgehead atoms. The third-order valence-corrected chi connectivity index (χ3v) is 3.64. The molecule has 3 heterocycles. The third kappa shape index (κ3) is 1.96. The van der Waals surface area contributed by atoms with Crippen molar-refractivity contribution in [1.82, 2.24) is 15.5 Å². The molecule has 2 fully saturated rings. The first kappa shape index (κ1) is 10.5. The lowest BCUT2D eigenvalue weighted by Crippen LogP contribution is -2.36. The molecule has 17 heavy (non-hydrogen) atoms. The number of nitriles is 1. The summed E-state index contributed by atoms with van der Waals surface area (Å²) in [5.41, 5.74) is 0.623. The lowest BCUT2D eigenvalue weighted by atomic mass is 10.1. The molecule has 1 N–H and O–H groups in total. The molecule has 0 saturated carbocycles. The lowest BCUT2D eigenvalue weighted by Gasteiger charge is -2.25. The van der Waals surface area contributed by atoms with E-state index in [1.165, 1.54) is 12.8 Å². The second-order valence-electron chi connectivity index (χ2n) is 4.75. The van der Waals surface area contributed by atoms with E-state index in [4.69, 9.17) is 5.26 Å². The van der Waals surface area contributed by atoms with E-state index in [0.29, 0.717) is 17.6 Å². The summed E-state index contributed by atoms with van der Waals surface area (Å²) in [4.78, 5) is 2.20. The zero-order chi connectivity index (χ0) is 11.7. The van der Waals surface area contributed by atoms with Gasteiger partial charge in [-0.2, -0.15) is 10.4 Å². The van der Waals surface area contributed by atoms with E-state index < -0.39 is 0 Å². The molecule has 0 radical (unpaired) electrons. The van der Waals surface area contributed by atoms with Crippen molar-refractivity contribution in [1.29, 1.82) is 5.26 Å². The maximum atomic E-state index is 9.09. The molecule has 88 valence electrons. The van der Waals surface area contributed by atoms with Gasteiger partial charge in [0.2, 0.25) is 0 Å². The molecule has 5 heteroatoms. The SMILES string of the molecule is N#Cc1ccnnc1N1CCC2CCC(C1)N2. The molecular weight excluding hydrogens is 214 g/mol. The van der Waals surface area contributed by atoms with Crippen molar-refractivity contribution in [2.75, 3.05) is 18.0 Å². The minimum absolute atomic E-state index is 0.538. The highest BCUT2D eigenvalue weighted by atomic mass is 15.3. The van der Waals surface area contributed by atoms with Gasteiger partial charge in [-0.05, 0) is 25.3 Å². The molecule has 1 aromatic rings. The molecule has 2 saturated heterocycles. The van der Waals surface area contributed by atoms with Crippen LogP contribution in [-0.2, 0) is 0 Å². The number of hydrogen-bond acceptors (Lipinski definition) is 5. The van der Waals surface area contributed by atoms with Gasteiger partial charge in [0.1, 0.15) is 6.07 Å². The second-order valence-corrected chi connectivity index (χ2v) is 4.75. The van der Waals surface area contributed by atoms with Crippen molar-refractivity contribution in [2.45, 2.75) is 31.3 Å². The molecule has 2 unspecified atom stereocenters. The second kappa shape index (κ2) is 4.30. The van der Waals surface area contributed by atoms with Crippen LogP contribution < -0.4 is 10.2 Å². The summed E-state index contributed by atoms with van der Waals surface area (Å²) in [6, 6.07) is 5.11. The van der Waals surface area contributed by atoms with Crippen LogP contribution in [-0.4, -0.2) is 35.4 Å². The Morgan fingerprint density at radius 1 is 1.35 bits per heavy atom. The number of anilines is 1. The molecule has 5 nitrogen and oxygen atoms in total. The van der Waals surface area contributed by atoms with Crippen molar-refractivity contribution >= 4 is 5.82 Å². The number of fused-ring (bicyclic) bond motifs is 2. The Bertz CT molecular complexity index is 452. The monoisotopic (exact) mass is 229 g/mol. The molecule has 2 aliphatic heterocycles. The molecule has 0 spiro atoms. The molecule has 2 atom stereocenters. The van der Waals surface area contributed by atoms with E-state index in [2.05, 4.69) is 26.5 Å². The van der Waals surface area contributed by atoms with Gasteiger partial charge in [-0.1, -0.05) is 0 Å². The van der Waals surface area contributed by atoms with E-state index in [1.54, 1.807) is 12.3 Å². The normalized spacial score (nSPS) is 27.6. The summed E-state index contributed by atoms with van der Waals surface area (Å²) in [6.45, 7) is 1.89. The van der Waals surface area contributed by atoms with Gasteiger partial charge in [0, 0.05) is 25.2 Å². The van der Waals surface area contributed by atoms with E-state index in [9.17, 15) is 0 Å². The number of nitrogens with one attached hydrogen (secondary N) is 1. The van der Waals surface area contributed by atoms with Gasteiger partial charge >= 0.3 is 0 Å². The summed E-state index contributed by atoms with van der Waals surface area (Å²) >= 11 is 0. The molecular formula is C12H15N5. The predicted molar refractivity (Wildman–Crippen MR) is 63.5 cm³/mol. The molecule has 1 aromatic heterocycles. The van der Waals surface area contributed by atoms with Gasteiger partial charge in [0.15, 0.2) is 5.82 Å². The maximum absolute atomic E-state index is 9.09. The largest absolute Gasteiger partial charge is 0.352 e. The highest BCUT2D eigenvalue weighted by Crippen LogP contribution is 2.24. The average Bonchev–Trinajstić information content (AvgIpc) is 2.69. The summed E-state index contributed by atoms with van der Waals surface area (Å²) in [5, 5.41) is 20.7. The molecule has 2 aliphatic rings. The Morgan fingerprint density at radius 2 is 2.24 bits per heavy atom. The highest BCUT2D eigenvalue weighted by molar-refractivity contribution is 5.52. The Labute approximate surface area is 100 Å². The fraction of sp³-hybridized carbons (Fsp3) is 0.583. The van der Waals surface area contributed by atoms with Crippen LogP contribution in [0.25, 0.3) is 0 Å². The Morgan fingerprint density at radius 3 is 3.12 bits per heavy atom. The summed E-state index contributed by atoms with van der Waals surface area (Å²) < 4.78 is 0. The number of aromatic nitrogens is 2. The summed E-state index contributed by atoms with van der Waals surface area (Å²) in [7, 11) is 0. The van der Waals surface area contributed by atoms with Gasteiger partial charge in [0.05, 0.1) is 11.8 Å². The van der Waals surface area contributed by atoms with Gasteiger partial charge in [0.25, 0.3) is 0 Å². The Kier molecular flexibility index (Phi) is 2.65. The molecule has 0 aliphatic carbocycles. The lowest BCUT2D eigenvalue weighted by molar-refractivity contribution is 0.563. The van der Waals surface area contributed by atoms with Gasteiger partial charge in [-0.15, -0.1) is 5.10 Å². The maximum Gasteiger partial charge on any atom is 0.169 e. The summed E-state index contributed by atoms with van der Waals surface area (Å²) in [5.74, 6) is 0.740. The number of hydrogen-bond donors (Lipinski definition) is 1.